The maximum absolute atomic E-state index is 12.8. The topological polar surface area (TPSA) is 85.2 Å². The van der Waals surface area contributed by atoms with E-state index in [2.05, 4.69) is 15.7 Å². The summed E-state index contributed by atoms with van der Waals surface area (Å²) in [4.78, 5) is 25.0. The molecule has 2 aliphatic rings. The van der Waals surface area contributed by atoms with Crippen molar-refractivity contribution in [3.05, 3.63) is 17.0 Å². The summed E-state index contributed by atoms with van der Waals surface area (Å²) in [6, 6.07) is -0.602. The summed E-state index contributed by atoms with van der Waals surface area (Å²) in [5.41, 5.74) is 2.44. The second-order valence-corrected chi connectivity index (χ2v) is 7.11. The van der Waals surface area contributed by atoms with Crippen molar-refractivity contribution in [2.75, 3.05) is 13.7 Å². The molecular weight excluding hydrogens is 320 g/mol. The van der Waals surface area contributed by atoms with Crippen LogP contribution >= 0.6 is 0 Å². The number of aromatic nitrogens is 2. The van der Waals surface area contributed by atoms with Crippen LogP contribution in [0.1, 0.15) is 60.3 Å². The number of carbonyl (C=O) groups excluding carboxylic acids is 2. The summed E-state index contributed by atoms with van der Waals surface area (Å²) in [5, 5.41) is 10.5. The molecule has 0 saturated heterocycles. The minimum absolute atomic E-state index is 0.285. The first kappa shape index (κ1) is 17.9. The molecule has 0 radical (unpaired) electrons. The molecule has 1 fully saturated rings. The van der Waals surface area contributed by atoms with Gasteiger partial charge in [-0.1, -0.05) is 32.1 Å². The van der Waals surface area contributed by atoms with E-state index in [9.17, 15) is 9.59 Å². The lowest BCUT2D eigenvalue weighted by molar-refractivity contribution is -0.143. The molecule has 0 bridgehead atoms. The summed E-state index contributed by atoms with van der Waals surface area (Å²) in [6.45, 7) is 1.53. The molecule has 1 aliphatic heterocycles. The average Bonchev–Trinajstić information content (AvgIpc) is 2.98. The average molecular weight is 348 g/mol. The number of hydrogen-bond donors (Lipinski definition) is 2. The smallest absolute Gasteiger partial charge is 0.328 e. The molecule has 3 rings (SSSR count). The van der Waals surface area contributed by atoms with Crippen LogP contribution in [0.15, 0.2) is 0 Å². The number of rotatable bonds is 5. The van der Waals surface area contributed by atoms with E-state index in [4.69, 9.17) is 4.74 Å². The molecule has 2 N–H and O–H groups in total. The highest BCUT2D eigenvalue weighted by Crippen LogP contribution is 2.28. The van der Waals surface area contributed by atoms with Gasteiger partial charge in [0.2, 0.25) is 0 Å². The molecule has 0 spiro atoms. The molecule has 7 nitrogen and oxygen atoms in total. The van der Waals surface area contributed by atoms with E-state index < -0.39 is 6.04 Å². The van der Waals surface area contributed by atoms with Crippen molar-refractivity contribution in [2.24, 2.45) is 13.0 Å². The summed E-state index contributed by atoms with van der Waals surface area (Å²) >= 11 is 0. The number of esters is 1. The minimum atomic E-state index is -0.602. The van der Waals surface area contributed by atoms with Crippen LogP contribution in [0, 0.1) is 5.92 Å². The van der Waals surface area contributed by atoms with Crippen LogP contribution < -0.4 is 10.6 Å². The molecule has 2 heterocycles. The van der Waals surface area contributed by atoms with Gasteiger partial charge in [-0.3, -0.25) is 9.48 Å². The Morgan fingerprint density at radius 2 is 2.12 bits per heavy atom. The van der Waals surface area contributed by atoms with Crippen molar-refractivity contribution in [3.8, 4) is 0 Å². The standard InChI is InChI=1S/C18H28N4O3/c1-22-15-8-9-19-11-13(15)16(21-22)17(23)20-14(18(24)25-2)10-12-6-4-3-5-7-12/h12,14,19H,3-11H2,1-2H3,(H,20,23)/t14-/m0/s1. The van der Waals surface area contributed by atoms with E-state index in [0.29, 0.717) is 24.6 Å². The van der Waals surface area contributed by atoms with Crippen molar-refractivity contribution in [3.63, 3.8) is 0 Å². The fraction of sp³-hybridized carbons (Fsp3) is 0.722. The lowest BCUT2D eigenvalue weighted by Crippen LogP contribution is -2.43. The lowest BCUT2D eigenvalue weighted by Gasteiger charge is -2.25. The third-order valence-electron chi connectivity index (χ3n) is 5.42. The number of methoxy groups -OCH3 is 1. The lowest BCUT2D eigenvalue weighted by atomic mass is 9.85. The molecule has 1 aromatic heterocycles. The molecule has 25 heavy (non-hydrogen) atoms. The monoisotopic (exact) mass is 348 g/mol. The molecule has 138 valence electrons. The van der Waals surface area contributed by atoms with Gasteiger partial charge >= 0.3 is 5.97 Å². The molecule has 1 saturated carbocycles. The Hall–Kier alpha value is -1.89. The Morgan fingerprint density at radius 3 is 2.84 bits per heavy atom. The van der Waals surface area contributed by atoms with Crippen molar-refractivity contribution >= 4 is 11.9 Å². The zero-order valence-corrected chi connectivity index (χ0v) is 15.1. The van der Waals surface area contributed by atoms with Crippen molar-refractivity contribution in [1.82, 2.24) is 20.4 Å². The maximum Gasteiger partial charge on any atom is 0.328 e. The second kappa shape index (κ2) is 7.99. The van der Waals surface area contributed by atoms with Crippen LogP contribution in [-0.2, 0) is 29.5 Å². The number of carbonyl (C=O) groups is 2. The van der Waals surface area contributed by atoms with E-state index in [1.54, 1.807) is 4.68 Å². The van der Waals surface area contributed by atoms with Crippen LogP contribution in [0.4, 0.5) is 0 Å². The Bertz CT molecular complexity index is 635. The second-order valence-electron chi connectivity index (χ2n) is 7.11. The quantitative estimate of drug-likeness (QED) is 0.784. The Kier molecular flexibility index (Phi) is 5.73. The summed E-state index contributed by atoms with van der Waals surface area (Å²) in [6.07, 6.45) is 7.40. The van der Waals surface area contributed by atoms with Gasteiger partial charge in [0.25, 0.3) is 5.91 Å². The molecule has 7 heteroatoms. The zero-order valence-electron chi connectivity index (χ0n) is 15.1. The van der Waals surface area contributed by atoms with Gasteiger partial charge in [-0.15, -0.1) is 0 Å². The molecule has 1 amide bonds. The van der Waals surface area contributed by atoms with E-state index in [1.165, 1.54) is 26.4 Å². The fourth-order valence-corrected chi connectivity index (χ4v) is 4.04. The summed E-state index contributed by atoms with van der Waals surface area (Å²) < 4.78 is 6.69. The number of ether oxygens (including phenoxy) is 1. The van der Waals surface area contributed by atoms with Crippen LogP contribution in [0.5, 0.6) is 0 Å². The first-order valence-corrected chi connectivity index (χ1v) is 9.24. The molecule has 1 atom stereocenters. The summed E-state index contributed by atoms with van der Waals surface area (Å²) in [7, 11) is 3.23. The van der Waals surface area contributed by atoms with E-state index in [1.807, 2.05) is 7.05 Å². The highest BCUT2D eigenvalue weighted by molar-refractivity contribution is 5.96. The molecule has 1 aromatic rings. The highest BCUT2D eigenvalue weighted by atomic mass is 16.5. The number of aryl methyl sites for hydroxylation is 1. The number of fused-ring (bicyclic) bond motifs is 1. The Balaban J connectivity index is 1.72. The zero-order chi connectivity index (χ0) is 17.8. The van der Waals surface area contributed by atoms with Gasteiger partial charge in [0.1, 0.15) is 6.04 Å². The van der Waals surface area contributed by atoms with Crippen molar-refractivity contribution in [1.29, 1.82) is 0 Å². The highest BCUT2D eigenvalue weighted by Gasteiger charge is 2.30. The molecule has 0 unspecified atom stereocenters. The Morgan fingerprint density at radius 1 is 1.36 bits per heavy atom. The third kappa shape index (κ3) is 4.03. The van der Waals surface area contributed by atoms with Gasteiger partial charge in [-0.25, -0.2) is 4.79 Å². The van der Waals surface area contributed by atoms with Crippen LogP contribution in [-0.4, -0.2) is 41.4 Å². The van der Waals surface area contributed by atoms with Gasteiger partial charge in [0, 0.05) is 37.8 Å². The van der Waals surface area contributed by atoms with Crippen LogP contribution in [0.25, 0.3) is 0 Å². The molecule has 0 aromatic carbocycles. The van der Waals surface area contributed by atoms with Crippen molar-refractivity contribution in [2.45, 2.75) is 57.5 Å². The largest absolute Gasteiger partial charge is 0.467 e. The fourth-order valence-electron chi connectivity index (χ4n) is 4.04. The van der Waals surface area contributed by atoms with E-state index >= 15 is 0 Å². The minimum Gasteiger partial charge on any atom is -0.467 e. The SMILES string of the molecule is COC(=O)[C@H](CC1CCCCC1)NC(=O)c1nn(C)c2c1CNCC2. The van der Waals surface area contributed by atoms with Gasteiger partial charge in [-0.05, 0) is 12.3 Å². The number of hydrogen-bond acceptors (Lipinski definition) is 5. The van der Waals surface area contributed by atoms with E-state index in [-0.39, 0.29) is 11.9 Å². The summed E-state index contributed by atoms with van der Waals surface area (Å²) in [5.74, 6) is -0.189. The van der Waals surface area contributed by atoms with Gasteiger partial charge < -0.3 is 15.4 Å². The molecular formula is C18H28N4O3. The molecule has 1 aliphatic carbocycles. The van der Waals surface area contributed by atoms with Gasteiger partial charge in [0.05, 0.1) is 7.11 Å². The predicted octanol–water partition coefficient (Wildman–Crippen LogP) is 1.31. The van der Waals surface area contributed by atoms with E-state index in [0.717, 1.165) is 37.1 Å². The number of nitrogens with one attached hydrogen (secondary N) is 2. The normalized spacial score (nSPS) is 19.1. The number of amides is 1. The third-order valence-corrected chi connectivity index (χ3v) is 5.42. The van der Waals surface area contributed by atoms with Gasteiger partial charge in [-0.2, -0.15) is 5.10 Å². The Labute approximate surface area is 148 Å². The van der Waals surface area contributed by atoms with Gasteiger partial charge in [0.15, 0.2) is 5.69 Å². The number of nitrogens with zero attached hydrogens (tertiary/aromatic N) is 2. The van der Waals surface area contributed by atoms with Crippen LogP contribution in [0.3, 0.4) is 0 Å². The predicted molar refractivity (Wildman–Crippen MR) is 93.1 cm³/mol. The maximum atomic E-state index is 12.8. The first-order chi connectivity index (χ1) is 12.1. The first-order valence-electron chi connectivity index (χ1n) is 9.24. The van der Waals surface area contributed by atoms with Crippen molar-refractivity contribution < 1.29 is 14.3 Å². The van der Waals surface area contributed by atoms with Crippen LogP contribution in [0.2, 0.25) is 0 Å².